The molecule has 5 amide bonds. The Morgan fingerprint density at radius 1 is 0.931 bits per heavy atom. The molecule has 6 N–H and O–H groups in total. The first-order chi connectivity index (χ1) is 28.1. The maximum absolute atomic E-state index is 13.8. The molecule has 0 radical (unpaired) electrons. The lowest BCUT2D eigenvalue weighted by Crippen LogP contribution is -2.62. The van der Waals surface area contributed by atoms with E-state index >= 15 is 0 Å². The molecule has 2 aromatic carbocycles. The Balaban J connectivity index is 0.832. The maximum atomic E-state index is 13.8. The van der Waals surface area contributed by atoms with Gasteiger partial charge in [-0.3, -0.25) is 34.2 Å². The Kier molecular flexibility index (Phi) is 10.3. The summed E-state index contributed by atoms with van der Waals surface area (Å²) in [5.41, 5.74) is 9.52. The number of hydrogen-bond donors (Lipinski definition) is 5. The van der Waals surface area contributed by atoms with E-state index in [1.807, 2.05) is 18.2 Å². The monoisotopic (exact) mass is 788 g/mol. The first-order valence-corrected chi connectivity index (χ1v) is 20.9. The number of carbonyl (C=O) groups excluding carboxylic acids is 5. The van der Waals surface area contributed by atoms with E-state index in [0.29, 0.717) is 46.8 Å². The Morgan fingerprint density at radius 3 is 2.38 bits per heavy atom. The zero-order valence-electron chi connectivity index (χ0n) is 32.8. The van der Waals surface area contributed by atoms with E-state index in [4.69, 9.17) is 10.7 Å². The highest BCUT2D eigenvalue weighted by Crippen LogP contribution is 2.51. The first-order valence-electron chi connectivity index (χ1n) is 20.9. The van der Waals surface area contributed by atoms with Gasteiger partial charge in [-0.05, 0) is 117 Å². The van der Waals surface area contributed by atoms with Crippen LogP contribution in [0.5, 0.6) is 0 Å². The zero-order chi connectivity index (χ0) is 40.0. The standard InChI is InChI=1S/C43H52N10O5/c44-38(55)37-39(49-34(22-47-37)52-15-2-1-3-16-52)48-30-9-7-26(8-10-30)27-13-17-51(18-14-27)23-29(28-19-43(20-28)24-45-25-43)21-46-32-6-4-5-31-36(32)42(58)53(41(31)57)33-11-12-35(54)50-40(33)56/h4-10,22,27-29,33,45-46H,1-3,11-21,23-25H2,(H2,44,55)(H,48,49)(H,50,54,56). The number of nitrogens with two attached hydrogens (primary N) is 1. The maximum Gasteiger partial charge on any atom is 0.271 e. The quantitative estimate of drug-likeness (QED) is 0.168. The summed E-state index contributed by atoms with van der Waals surface area (Å²) < 4.78 is 0. The summed E-state index contributed by atoms with van der Waals surface area (Å²) in [5.74, 6) is -0.143. The molecule has 15 nitrogen and oxygen atoms in total. The van der Waals surface area contributed by atoms with E-state index in [9.17, 15) is 24.0 Å². The van der Waals surface area contributed by atoms with Crippen LogP contribution in [0, 0.1) is 17.3 Å². The predicted molar refractivity (Wildman–Crippen MR) is 218 cm³/mol. The summed E-state index contributed by atoms with van der Waals surface area (Å²) >= 11 is 0. The Morgan fingerprint density at radius 2 is 1.69 bits per heavy atom. The number of piperidine rings is 3. The SMILES string of the molecule is NC(=O)c1ncc(N2CCCCC2)nc1Nc1ccc(C2CCN(CC(CNc3cccc4c3C(=O)N(C3CCC(=O)NC3=O)C4=O)C3CC4(CNC4)C3)CC2)cc1. The molecule has 1 saturated carbocycles. The highest BCUT2D eigenvalue weighted by atomic mass is 16.2. The number of rotatable bonds is 12. The number of aromatic nitrogens is 2. The largest absolute Gasteiger partial charge is 0.384 e. The van der Waals surface area contributed by atoms with Gasteiger partial charge in [-0.1, -0.05) is 18.2 Å². The molecule has 4 saturated heterocycles. The molecule has 6 aliphatic rings. The molecule has 2 atom stereocenters. The number of carbonyl (C=O) groups is 5. The normalized spacial score (nSPS) is 22.9. The first kappa shape index (κ1) is 38.1. The van der Waals surface area contributed by atoms with Gasteiger partial charge in [0.2, 0.25) is 11.8 Å². The summed E-state index contributed by atoms with van der Waals surface area (Å²) in [4.78, 5) is 78.8. The van der Waals surface area contributed by atoms with Crippen LogP contribution in [0.15, 0.2) is 48.7 Å². The molecule has 9 rings (SSSR count). The minimum Gasteiger partial charge on any atom is -0.384 e. The summed E-state index contributed by atoms with van der Waals surface area (Å²) in [6.07, 6.45) is 9.73. The van der Waals surface area contributed by atoms with Crippen molar-refractivity contribution in [3.63, 3.8) is 0 Å². The minimum atomic E-state index is -0.996. The van der Waals surface area contributed by atoms with E-state index in [1.54, 1.807) is 18.3 Å². The second-order valence-corrected chi connectivity index (χ2v) is 17.2. The lowest BCUT2D eigenvalue weighted by Gasteiger charge is -2.57. The lowest BCUT2D eigenvalue weighted by atomic mass is 9.55. The number of amides is 5. The number of fused-ring (bicyclic) bond motifs is 1. The average molecular weight is 789 g/mol. The molecule has 0 bridgehead atoms. The van der Waals surface area contributed by atoms with E-state index in [0.717, 1.165) is 87.9 Å². The smallest absolute Gasteiger partial charge is 0.271 e. The van der Waals surface area contributed by atoms with Gasteiger partial charge in [-0.25, -0.2) is 9.97 Å². The number of nitrogens with zero attached hydrogens (tertiary/aromatic N) is 5. The number of benzene rings is 2. The topological polar surface area (TPSA) is 195 Å². The molecule has 5 aliphatic heterocycles. The fourth-order valence-corrected chi connectivity index (χ4v) is 10.1. The molecule has 1 spiro atoms. The lowest BCUT2D eigenvalue weighted by molar-refractivity contribution is -0.136. The highest BCUT2D eigenvalue weighted by molar-refractivity contribution is 6.25. The third-order valence-electron chi connectivity index (χ3n) is 13.5. The molecule has 3 aromatic rings. The summed E-state index contributed by atoms with van der Waals surface area (Å²) in [6, 6.07) is 12.7. The molecular weight excluding hydrogens is 737 g/mol. The zero-order valence-corrected chi connectivity index (χ0v) is 32.8. The Hall–Kier alpha value is -5.41. The third kappa shape index (κ3) is 7.41. The van der Waals surface area contributed by atoms with Gasteiger partial charge in [-0.15, -0.1) is 0 Å². The second kappa shape index (κ2) is 15.7. The van der Waals surface area contributed by atoms with Gasteiger partial charge in [0, 0.05) is 57.1 Å². The molecule has 1 aromatic heterocycles. The van der Waals surface area contributed by atoms with Gasteiger partial charge in [0.25, 0.3) is 17.7 Å². The predicted octanol–water partition coefficient (Wildman–Crippen LogP) is 3.62. The Labute approximate surface area is 337 Å². The van der Waals surface area contributed by atoms with Gasteiger partial charge in [0.05, 0.1) is 17.3 Å². The van der Waals surface area contributed by atoms with Crippen LogP contribution < -0.4 is 31.9 Å². The molecule has 6 heterocycles. The van der Waals surface area contributed by atoms with Crippen LogP contribution >= 0.6 is 0 Å². The van der Waals surface area contributed by atoms with Gasteiger partial charge in [0.1, 0.15) is 11.9 Å². The number of hydrogen-bond acceptors (Lipinski definition) is 12. The third-order valence-corrected chi connectivity index (χ3v) is 13.5. The Bertz CT molecular complexity index is 2100. The molecule has 15 heteroatoms. The van der Waals surface area contributed by atoms with Gasteiger partial charge < -0.3 is 31.5 Å². The number of anilines is 4. The van der Waals surface area contributed by atoms with Crippen LogP contribution in [-0.4, -0.2) is 108 Å². The molecular formula is C43H52N10O5. The summed E-state index contributed by atoms with van der Waals surface area (Å²) in [5, 5.41) is 12.6. The van der Waals surface area contributed by atoms with Crippen molar-refractivity contribution in [1.82, 2.24) is 30.4 Å². The average Bonchev–Trinajstić information content (AvgIpc) is 3.45. The van der Waals surface area contributed by atoms with E-state index < -0.39 is 35.6 Å². The number of nitrogens with one attached hydrogen (secondary N) is 4. The van der Waals surface area contributed by atoms with Crippen molar-refractivity contribution >= 4 is 52.5 Å². The van der Waals surface area contributed by atoms with Crippen molar-refractivity contribution in [2.45, 2.75) is 69.7 Å². The van der Waals surface area contributed by atoms with Crippen LogP contribution in [0.2, 0.25) is 0 Å². The fourth-order valence-electron chi connectivity index (χ4n) is 10.1. The van der Waals surface area contributed by atoms with E-state index in [1.165, 1.54) is 24.8 Å². The van der Waals surface area contributed by atoms with Crippen molar-refractivity contribution in [1.29, 1.82) is 0 Å². The second-order valence-electron chi connectivity index (χ2n) is 17.2. The minimum absolute atomic E-state index is 0.0842. The molecule has 2 unspecified atom stereocenters. The number of imide groups is 2. The van der Waals surface area contributed by atoms with E-state index in [2.05, 4.69) is 48.2 Å². The fraction of sp³-hybridized carbons (Fsp3) is 0.512. The van der Waals surface area contributed by atoms with Crippen LogP contribution in [0.4, 0.5) is 23.0 Å². The molecule has 1 aliphatic carbocycles. The molecule has 58 heavy (non-hydrogen) atoms. The van der Waals surface area contributed by atoms with Crippen molar-refractivity contribution in [3.8, 4) is 0 Å². The van der Waals surface area contributed by atoms with Crippen molar-refractivity contribution in [2.75, 3.05) is 67.9 Å². The summed E-state index contributed by atoms with van der Waals surface area (Å²) in [6.45, 7) is 7.57. The van der Waals surface area contributed by atoms with Crippen LogP contribution in [0.25, 0.3) is 0 Å². The molecule has 304 valence electrons. The van der Waals surface area contributed by atoms with Gasteiger partial charge >= 0.3 is 0 Å². The van der Waals surface area contributed by atoms with Crippen LogP contribution in [0.1, 0.15) is 100 Å². The van der Waals surface area contributed by atoms with Gasteiger partial charge in [-0.2, -0.15) is 0 Å². The van der Waals surface area contributed by atoms with Crippen molar-refractivity contribution in [2.24, 2.45) is 23.0 Å². The van der Waals surface area contributed by atoms with Crippen molar-refractivity contribution < 1.29 is 24.0 Å². The van der Waals surface area contributed by atoms with E-state index in [-0.39, 0.29) is 24.1 Å². The number of primary amides is 1. The van der Waals surface area contributed by atoms with Crippen LogP contribution in [-0.2, 0) is 9.59 Å². The summed E-state index contributed by atoms with van der Waals surface area (Å²) in [7, 11) is 0. The van der Waals surface area contributed by atoms with Crippen molar-refractivity contribution in [3.05, 3.63) is 71.0 Å². The van der Waals surface area contributed by atoms with Crippen LogP contribution in [0.3, 0.4) is 0 Å². The molecule has 5 fully saturated rings. The van der Waals surface area contributed by atoms with Gasteiger partial charge in [0.15, 0.2) is 11.5 Å². The number of likely N-dealkylation sites (tertiary alicyclic amines) is 1. The highest BCUT2D eigenvalue weighted by Gasteiger charge is 2.51.